The number of alkyl halides is 2. The molecule has 1 aromatic carbocycles. The summed E-state index contributed by atoms with van der Waals surface area (Å²) in [4.78, 5) is 16.3. The van der Waals surface area contributed by atoms with E-state index < -0.39 is 24.3 Å². The fraction of sp³-hybridized carbons (Fsp3) is 0.400. The number of carbonyl (C=O) groups is 1. The lowest BCUT2D eigenvalue weighted by molar-refractivity contribution is -0.0423. The molecule has 1 saturated heterocycles. The van der Waals surface area contributed by atoms with E-state index in [0.29, 0.717) is 29.1 Å². The van der Waals surface area contributed by atoms with Crippen LogP contribution in [-0.4, -0.2) is 34.5 Å². The van der Waals surface area contributed by atoms with Gasteiger partial charge in [0.15, 0.2) is 0 Å². The van der Waals surface area contributed by atoms with Crippen LogP contribution in [0.25, 0.3) is 11.0 Å². The molecule has 0 saturated carbocycles. The van der Waals surface area contributed by atoms with Gasteiger partial charge in [-0.1, -0.05) is 0 Å². The summed E-state index contributed by atoms with van der Waals surface area (Å²) in [5, 5.41) is 3.03. The van der Waals surface area contributed by atoms with Gasteiger partial charge in [0.25, 0.3) is 11.8 Å². The van der Waals surface area contributed by atoms with Crippen LogP contribution in [0.5, 0.6) is 5.75 Å². The summed E-state index contributed by atoms with van der Waals surface area (Å²) >= 11 is 0. The van der Waals surface area contributed by atoms with Crippen molar-refractivity contribution in [2.24, 2.45) is 12.8 Å². The number of nitrogens with two attached hydrogens (primary N) is 1. The number of imidazole rings is 1. The Kier molecular flexibility index (Phi) is 4.77. The number of nitrogens with zero attached hydrogens (tertiary/aromatic N) is 2. The second-order valence-electron chi connectivity index (χ2n) is 7.27. The standard InChI is InChI=1S/C20H22F2N4O3/c1-11-16(19(23)27)18-14(29-11)4-3-13(28-9-15-25-7-8-26(15)2)17(18)12-5-6-24-10-20(12,21)22/h3-4,7-8,12,24H,5-6,9-10H2,1-2H3,(H2,23,27). The number of amides is 1. The van der Waals surface area contributed by atoms with Crippen LogP contribution in [0.3, 0.4) is 0 Å². The van der Waals surface area contributed by atoms with Crippen molar-refractivity contribution < 1.29 is 22.7 Å². The Morgan fingerprint density at radius 3 is 2.93 bits per heavy atom. The van der Waals surface area contributed by atoms with Crippen molar-refractivity contribution in [2.45, 2.75) is 31.8 Å². The maximum absolute atomic E-state index is 14.9. The van der Waals surface area contributed by atoms with E-state index in [0.717, 1.165) is 0 Å². The molecule has 1 amide bonds. The number of piperidine rings is 1. The van der Waals surface area contributed by atoms with Crippen LogP contribution in [0.1, 0.15) is 39.8 Å². The molecular formula is C20H22F2N4O3. The van der Waals surface area contributed by atoms with Gasteiger partial charge in [0.2, 0.25) is 0 Å². The molecule has 4 rings (SSSR count). The highest BCUT2D eigenvalue weighted by Gasteiger charge is 2.45. The number of nitrogens with one attached hydrogen (secondary N) is 1. The first kappa shape index (κ1) is 19.4. The molecular weight excluding hydrogens is 382 g/mol. The highest BCUT2D eigenvalue weighted by atomic mass is 19.3. The van der Waals surface area contributed by atoms with Gasteiger partial charge in [-0.3, -0.25) is 4.79 Å². The predicted octanol–water partition coefficient (Wildman–Crippen LogP) is 2.86. The van der Waals surface area contributed by atoms with Gasteiger partial charge in [-0.25, -0.2) is 13.8 Å². The van der Waals surface area contributed by atoms with Gasteiger partial charge in [-0.15, -0.1) is 0 Å². The van der Waals surface area contributed by atoms with Gasteiger partial charge in [0.05, 0.1) is 18.0 Å². The SMILES string of the molecule is Cc1oc2ccc(OCc3nccn3C)c(C3CCNCC3(F)F)c2c1C(N)=O. The molecule has 3 N–H and O–H groups in total. The number of rotatable bonds is 5. The zero-order valence-electron chi connectivity index (χ0n) is 16.2. The molecule has 1 atom stereocenters. The zero-order valence-corrected chi connectivity index (χ0v) is 16.2. The topological polar surface area (TPSA) is 95.3 Å². The maximum atomic E-state index is 14.9. The van der Waals surface area contributed by atoms with E-state index in [2.05, 4.69) is 10.3 Å². The largest absolute Gasteiger partial charge is 0.485 e. The number of ether oxygens (including phenoxy) is 1. The van der Waals surface area contributed by atoms with E-state index in [1.54, 1.807) is 36.0 Å². The summed E-state index contributed by atoms with van der Waals surface area (Å²) in [5.41, 5.74) is 6.27. The maximum Gasteiger partial charge on any atom is 0.267 e. The summed E-state index contributed by atoms with van der Waals surface area (Å²) in [6.07, 6.45) is 3.59. The minimum absolute atomic E-state index is 0.0985. The predicted molar refractivity (Wildman–Crippen MR) is 102 cm³/mol. The number of furan rings is 1. The van der Waals surface area contributed by atoms with Gasteiger partial charge in [-0.2, -0.15) is 0 Å². The number of hydrogen-bond donors (Lipinski definition) is 2. The number of halogens is 2. The minimum atomic E-state index is -3.02. The Morgan fingerprint density at radius 2 is 2.28 bits per heavy atom. The van der Waals surface area contributed by atoms with Crippen LogP contribution < -0.4 is 15.8 Å². The number of hydrogen-bond acceptors (Lipinski definition) is 5. The number of benzene rings is 1. The Labute approximate surface area is 165 Å². The summed E-state index contributed by atoms with van der Waals surface area (Å²) in [6.45, 7) is 1.67. The fourth-order valence-electron chi connectivity index (χ4n) is 3.95. The second-order valence-corrected chi connectivity index (χ2v) is 7.27. The fourth-order valence-corrected chi connectivity index (χ4v) is 3.95. The highest BCUT2D eigenvalue weighted by molar-refractivity contribution is 6.08. The van der Waals surface area contributed by atoms with Crippen LogP contribution in [0.4, 0.5) is 8.78 Å². The van der Waals surface area contributed by atoms with E-state index in [4.69, 9.17) is 14.9 Å². The Balaban J connectivity index is 1.89. The monoisotopic (exact) mass is 404 g/mol. The molecule has 29 heavy (non-hydrogen) atoms. The lowest BCUT2D eigenvalue weighted by atomic mass is 9.83. The number of aryl methyl sites for hydroxylation is 2. The van der Waals surface area contributed by atoms with Crippen molar-refractivity contribution in [3.8, 4) is 5.75 Å². The van der Waals surface area contributed by atoms with Crippen LogP contribution >= 0.6 is 0 Å². The molecule has 1 aliphatic heterocycles. The third-order valence-corrected chi connectivity index (χ3v) is 5.39. The van der Waals surface area contributed by atoms with Gasteiger partial charge >= 0.3 is 0 Å². The molecule has 1 unspecified atom stereocenters. The third kappa shape index (κ3) is 3.35. The number of carbonyl (C=O) groups excluding carboxylic acids is 1. The lowest BCUT2D eigenvalue weighted by Gasteiger charge is -2.33. The molecule has 1 fully saturated rings. The minimum Gasteiger partial charge on any atom is -0.485 e. The summed E-state index contributed by atoms with van der Waals surface area (Å²) in [7, 11) is 1.82. The van der Waals surface area contributed by atoms with Gasteiger partial charge in [0.1, 0.15) is 29.5 Å². The molecule has 9 heteroatoms. The van der Waals surface area contributed by atoms with Crippen molar-refractivity contribution in [1.29, 1.82) is 0 Å². The normalized spacial score (nSPS) is 18.8. The lowest BCUT2D eigenvalue weighted by Crippen LogP contribution is -2.44. The third-order valence-electron chi connectivity index (χ3n) is 5.39. The van der Waals surface area contributed by atoms with Crippen LogP contribution in [-0.2, 0) is 13.7 Å². The first-order valence-corrected chi connectivity index (χ1v) is 9.33. The second kappa shape index (κ2) is 7.14. The summed E-state index contributed by atoms with van der Waals surface area (Å²) in [5.74, 6) is -3.66. The van der Waals surface area contributed by atoms with Crippen LogP contribution in [0.2, 0.25) is 0 Å². The molecule has 0 bridgehead atoms. The average Bonchev–Trinajstić information content (AvgIpc) is 3.21. The van der Waals surface area contributed by atoms with Gasteiger partial charge < -0.3 is 24.8 Å². The molecule has 3 aromatic rings. The molecule has 0 spiro atoms. The van der Waals surface area contributed by atoms with Gasteiger partial charge in [0, 0.05) is 30.4 Å². The Morgan fingerprint density at radius 1 is 1.48 bits per heavy atom. The Hall–Kier alpha value is -2.94. The quantitative estimate of drug-likeness (QED) is 0.682. The van der Waals surface area contributed by atoms with E-state index in [9.17, 15) is 13.6 Å². The number of fused-ring (bicyclic) bond motifs is 1. The molecule has 3 heterocycles. The van der Waals surface area contributed by atoms with Crippen molar-refractivity contribution in [3.05, 3.63) is 47.2 Å². The first-order chi connectivity index (χ1) is 13.8. The zero-order chi connectivity index (χ0) is 20.8. The van der Waals surface area contributed by atoms with Crippen molar-refractivity contribution in [1.82, 2.24) is 14.9 Å². The number of aromatic nitrogens is 2. The van der Waals surface area contributed by atoms with Gasteiger partial charge in [-0.05, 0) is 32.0 Å². The first-order valence-electron chi connectivity index (χ1n) is 9.33. The molecule has 0 aliphatic carbocycles. The molecule has 7 nitrogen and oxygen atoms in total. The van der Waals surface area contributed by atoms with E-state index >= 15 is 0 Å². The van der Waals surface area contributed by atoms with Crippen molar-refractivity contribution in [3.63, 3.8) is 0 Å². The van der Waals surface area contributed by atoms with E-state index in [1.165, 1.54) is 0 Å². The summed E-state index contributed by atoms with van der Waals surface area (Å²) < 4.78 is 43.2. The van der Waals surface area contributed by atoms with Crippen molar-refractivity contribution in [2.75, 3.05) is 13.1 Å². The van der Waals surface area contributed by atoms with Crippen LogP contribution in [0.15, 0.2) is 28.9 Å². The van der Waals surface area contributed by atoms with E-state index in [1.807, 2.05) is 7.05 Å². The highest BCUT2D eigenvalue weighted by Crippen LogP contribution is 2.47. The number of primary amides is 1. The summed E-state index contributed by atoms with van der Waals surface area (Å²) in [6, 6.07) is 3.22. The Bertz CT molecular complexity index is 1070. The van der Waals surface area contributed by atoms with Crippen LogP contribution in [0, 0.1) is 6.92 Å². The molecule has 154 valence electrons. The molecule has 1 aliphatic rings. The molecule has 2 aromatic heterocycles. The van der Waals surface area contributed by atoms with E-state index in [-0.39, 0.29) is 29.9 Å². The average molecular weight is 404 g/mol. The smallest absolute Gasteiger partial charge is 0.267 e. The molecule has 0 radical (unpaired) electrons. The van der Waals surface area contributed by atoms with Crippen molar-refractivity contribution >= 4 is 16.9 Å².